The van der Waals surface area contributed by atoms with Crippen molar-refractivity contribution >= 4 is 29.3 Å². The van der Waals surface area contributed by atoms with Crippen molar-refractivity contribution < 1.29 is 28.7 Å². The number of anilines is 1. The fourth-order valence-corrected chi connectivity index (χ4v) is 2.02. The fourth-order valence-electron chi connectivity index (χ4n) is 2.02. The predicted molar refractivity (Wildman–Crippen MR) is 66.2 cm³/mol. The van der Waals surface area contributed by atoms with Gasteiger partial charge in [0.1, 0.15) is 0 Å². The van der Waals surface area contributed by atoms with Crippen LogP contribution >= 0.6 is 0 Å². The van der Waals surface area contributed by atoms with Crippen LogP contribution in [0.4, 0.5) is 5.69 Å². The third-order valence-corrected chi connectivity index (χ3v) is 2.97. The van der Waals surface area contributed by atoms with E-state index >= 15 is 0 Å². The molecule has 7 nitrogen and oxygen atoms in total. The van der Waals surface area contributed by atoms with E-state index in [1.807, 2.05) is 0 Å². The molecule has 7 heteroatoms. The van der Waals surface area contributed by atoms with Crippen molar-refractivity contribution in [3.05, 3.63) is 29.3 Å². The summed E-state index contributed by atoms with van der Waals surface area (Å²) >= 11 is 0. The van der Waals surface area contributed by atoms with E-state index in [4.69, 9.17) is 0 Å². The molecular formula is C13H11NO6. The number of carbonyl (C=O) groups excluding carboxylic acids is 4. The molecule has 104 valence electrons. The second-order valence-electron chi connectivity index (χ2n) is 4.03. The number of fused-ring (bicyclic) bond motifs is 1. The minimum Gasteiger partial charge on any atom is -0.468 e. The van der Waals surface area contributed by atoms with E-state index in [0.717, 1.165) is 14.2 Å². The van der Waals surface area contributed by atoms with Gasteiger partial charge < -0.3 is 14.8 Å². The number of carbonyl (C=O) groups is 4. The number of hydrogen-bond acceptors (Lipinski definition) is 6. The van der Waals surface area contributed by atoms with E-state index in [2.05, 4.69) is 14.8 Å². The predicted octanol–water partition coefficient (Wildman–Crippen LogP) is 0.251. The van der Waals surface area contributed by atoms with E-state index in [9.17, 15) is 19.2 Å². The highest BCUT2D eigenvalue weighted by Crippen LogP contribution is 2.33. The number of esters is 2. The normalized spacial score (nSPS) is 12.9. The highest BCUT2D eigenvalue weighted by Gasteiger charge is 2.38. The molecular weight excluding hydrogens is 266 g/mol. The van der Waals surface area contributed by atoms with Gasteiger partial charge in [0.25, 0.3) is 11.7 Å². The second-order valence-corrected chi connectivity index (χ2v) is 4.03. The molecule has 0 atom stereocenters. The standard InChI is InChI=1S/C13H11NO6/c1-19-12(17)8(13(18)20-2)6-4-3-5-7-9(6)14-11(16)10(7)15/h3-5,8H,1-2H3,(H,14,15,16). The van der Waals surface area contributed by atoms with Crippen LogP contribution in [0, 0.1) is 0 Å². The van der Waals surface area contributed by atoms with Crippen molar-refractivity contribution in [2.24, 2.45) is 0 Å². The number of methoxy groups -OCH3 is 2. The van der Waals surface area contributed by atoms with E-state index in [1.165, 1.54) is 18.2 Å². The molecule has 0 unspecified atom stereocenters. The molecule has 0 saturated carbocycles. The van der Waals surface area contributed by atoms with Gasteiger partial charge in [0.2, 0.25) is 0 Å². The second kappa shape index (κ2) is 5.12. The monoisotopic (exact) mass is 277 g/mol. The quantitative estimate of drug-likeness (QED) is 0.483. The third kappa shape index (κ3) is 2.03. The summed E-state index contributed by atoms with van der Waals surface area (Å²) in [6.07, 6.45) is 0. The summed E-state index contributed by atoms with van der Waals surface area (Å²) in [5.74, 6) is -4.54. The van der Waals surface area contributed by atoms with Gasteiger partial charge in [-0.2, -0.15) is 0 Å². The number of nitrogens with one attached hydrogen (secondary N) is 1. The molecule has 1 aromatic carbocycles. The molecule has 2 rings (SSSR count). The molecule has 1 aromatic rings. The maximum absolute atomic E-state index is 11.8. The van der Waals surface area contributed by atoms with E-state index < -0.39 is 29.5 Å². The molecule has 0 spiro atoms. The number of ketones is 1. The molecule has 1 aliphatic rings. The van der Waals surface area contributed by atoms with Gasteiger partial charge in [-0.1, -0.05) is 12.1 Å². The molecule has 0 aliphatic carbocycles. The van der Waals surface area contributed by atoms with Crippen molar-refractivity contribution in [1.82, 2.24) is 0 Å². The van der Waals surface area contributed by atoms with Crippen molar-refractivity contribution in [1.29, 1.82) is 0 Å². The maximum Gasteiger partial charge on any atom is 0.324 e. The molecule has 0 bridgehead atoms. The van der Waals surface area contributed by atoms with Gasteiger partial charge in [-0.25, -0.2) is 0 Å². The summed E-state index contributed by atoms with van der Waals surface area (Å²) in [6, 6.07) is 4.37. The van der Waals surface area contributed by atoms with Crippen LogP contribution in [0.5, 0.6) is 0 Å². The number of ether oxygens (including phenoxy) is 2. The Labute approximate surface area is 113 Å². The van der Waals surface area contributed by atoms with Crippen LogP contribution in [0.1, 0.15) is 21.8 Å². The Morgan fingerprint density at radius 1 is 1.10 bits per heavy atom. The van der Waals surface area contributed by atoms with Gasteiger partial charge in [-0.05, 0) is 6.07 Å². The van der Waals surface area contributed by atoms with Crippen LogP contribution in [0.3, 0.4) is 0 Å². The molecule has 1 aliphatic heterocycles. The molecule has 0 fully saturated rings. The minimum atomic E-state index is -1.36. The lowest BCUT2D eigenvalue weighted by molar-refractivity contribution is -0.154. The van der Waals surface area contributed by atoms with Crippen LogP contribution in [0.2, 0.25) is 0 Å². The Morgan fingerprint density at radius 3 is 2.25 bits per heavy atom. The summed E-state index contributed by atoms with van der Waals surface area (Å²) < 4.78 is 9.13. The van der Waals surface area contributed by atoms with Crippen LogP contribution in [0.15, 0.2) is 18.2 Å². The van der Waals surface area contributed by atoms with Crippen molar-refractivity contribution in [2.75, 3.05) is 19.5 Å². The van der Waals surface area contributed by atoms with Gasteiger partial charge in [0.15, 0.2) is 5.92 Å². The Hall–Kier alpha value is -2.70. The Bertz CT molecular complexity index is 605. The lowest BCUT2D eigenvalue weighted by Crippen LogP contribution is -2.25. The molecule has 1 amide bonds. The Balaban J connectivity index is 2.57. The summed E-state index contributed by atoms with van der Waals surface area (Å²) in [6.45, 7) is 0. The van der Waals surface area contributed by atoms with Crippen LogP contribution in [-0.4, -0.2) is 37.8 Å². The molecule has 1 heterocycles. The molecule has 20 heavy (non-hydrogen) atoms. The van der Waals surface area contributed by atoms with Crippen LogP contribution in [0.25, 0.3) is 0 Å². The Kier molecular flexibility index (Phi) is 3.51. The SMILES string of the molecule is COC(=O)C(C(=O)OC)c1cccc2c1NC(=O)C2=O. The van der Waals surface area contributed by atoms with E-state index in [0.29, 0.717) is 0 Å². The lowest BCUT2D eigenvalue weighted by Gasteiger charge is -2.15. The van der Waals surface area contributed by atoms with Crippen LogP contribution in [-0.2, 0) is 23.9 Å². The minimum absolute atomic E-state index is 0.116. The number of hydrogen-bond donors (Lipinski definition) is 1. The maximum atomic E-state index is 11.8. The largest absolute Gasteiger partial charge is 0.468 e. The van der Waals surface area contributed by atoms with E-state index in [-0.39, 0.29) is 16.8 Å². The number of Topliss-reactive ketones (excluding diaryl/α,β-unsaturated/α-hetero) is 1. The summed E-state index contributed by atoms with van der Waals surface area (Å²) in [7, 11) is 2.26. The zero-order valence-corrected chi connectivity index (χ0v) is 10.8. The Morgan fingerprint density at radius 2 is 1.70 bits per heavy atom. The number of rotatable bonds is 3. The van der Waals surface area contributed by atoms with E-state index in [1.54, 1.807) is 0 Å². The van der Waals surface area contributed by atoms with Gasteiger partial charge >= 0.3 is 11.9 Å². The highest BCUT2D eigenvalue weighted by molar-refractivity contribution is 6.52. The first-order chi connectivity index (χ1) is 9.51. The van der Waals surface area contributed by atoms with Crippen molar-refractivity contribution in [3.8, 4) is 0 Å². The average molecular weight is 277 g/mol. The summed E-state index contributed by atoms with van der Waals surface area (Å²) in [4.78, 5) is 46.5. The molecule has 0 saturated heterocycles. The summed E-state index contributed by atoms with van der Waals surface area (Å²) in [5.41, 5.74) is 0.425. The zero-order chi connectivity index (χ0) is 14.9. The van der Waals surface area contributed by atoms with Gasteiger partial charge in [0, 0.05) is 5.56 Å². The van der Waals surface area contributed by atoms with Crippen molar-refractivity contribution in [3.63, 3.8) is 0 Å². The highest BCUT2D eigenvalue weighted by atomic mass is 16.5. The number of benzene rings is 1. The third-order valence-electron chi connectivity index (χ3n) is 2.97. The number of para-hydroxylation sites is 1. The van der Waals surface area contributed by atoms with Crippen LogP contribution < -0.4 is 5.32 Å². The van der Waals surface area contributed by atoms with Gasteiger partial charge in [0.05, 0.1) is 25.5 Å². The molecule has 0 aromatic heterocycles. The van der Waals surface area contributed by atoms with Crippen molar-refractivity contribution in [2.45, 2.75) is 5.92 Å². The molecule has 1 N–H and O–H groups in total. The first-order valence-electron chi connectivity index (χ1n) is 5.65. The lowest BCUT2D eigenvalue weighted by atomic mass is 9.95. The smallest absolute Gasteiger partial charge is 0.324 e. The summed E-state index contributed by atoms with van der Waals surface area (Å²) in [5, 5.41) is 2.35. The number of amides is 1. The average Bonchev–Trinajstić information content (AvgIpc) is 2.75. The van der Waals surface area contributed by atoms with Gasteiger partial charge in [-0.3, -0.25) is 19.2 Å². The first kappa shape index (κ1) is 13.7. The van der Waals surface area contributed by atoms with Gasteiger partial charge in [-0.15, -0.1) is 0 Å². The topological polar surface area (TPSA) is 98.8 Å². The molecule has 0 radical (unpaired) electrons. The fraction of sp³-hybridized carbons (Fsp3) is 0.231. The zero-order valence-electron chi connectivity index (χ0n) is 10.8. The first-order valence-corrected chi connectivity index (χ1v) is 5.65.